The molecule has 1 aromatic heterocycles. The average molecular weight is 327 g/mol. The molecule has 0 spiro atoms. The molecule has 1 aliphatic rings. The first kappa shape index (κ1) is 14.6. The Kier molecular flexibility index (Phi) is 3.53. The molecule has 1 fully saturated rings. The Morgan fingerprint density at radius 2 is 1.96 bits per heavy atom. The predicted molar refractivity (Wildman–Crippen MR) is 94.9 cm³/mol. The summed E-state index contributed by atoms with van der Waals surface area (Å²) in [5, 5.41) is 2.72. The number of primary amides is 1. The van der Waals surface area contributed by atoms with E-state index >= 15 is 0 Å². The van der Waals surface area contributed by atoms with Gasteiger partial charge in [-0.2, -0.15) is 0 Å². The minimum absolute atomic E-state index is 0.384. The molecule has 0 radical (unpaired) electrons. The molecule has 0 bridgehead atoms. The number of fused-ring (bicyclic) bond motifs is 3. The zero-order chi connectivity index (χ0) is 16.0. The highest BCUT2D eigenvalue weighted by molar-refractivity contribution is 6.31. The van der Waals surface area contributed by atoms with Gasteiger partial charge in [-0.1, -0.05) is 36.6 Å². The van der Waals surface area contributed by atoms with Crippen LogP contribution >= 0.6 is 11.6 Å². The summed E-state index contributed by atoms with van der Waals surface area (Å²) in [7, 11) is 0. The number of amides is 1. The number of nitrogens with two attached hydrogens (primary N) is 1. The summed E-state index contributed by atoms with van der Waals surface area (Å²) in [5.41, 5.74) is 8.35. The molecule has 3 aromatic rings. The predicted octanol–water partition coefficient (Wildman–Crippen LogP) is 4.74. The fraction of sp³-hybridized carbons (Fsp3) is 0.316. The van der Waals surface area contributed by atoms with Crippen molar-refractivity contribution in [3.05, 3.63) is 47.0 Å². The zero-order valence-corrected chi connectivity index (χ0v) is 13.6. The number of carbonyl (C=O) groups excluding carboxylic acids is 1. The monoisotopic (exact) mass is 326 g/mol. The maximum atomic E-state index is 11.9. The average Bonchev–Trinajstić information content (AvgIpc) is 3.14. The van der Waals surface area contributed by atoms with E-state index in [4.69, 9.17) is 17.3 Å². The minimum atomic E-state index is -0.384. The van der Waals surface area contributed by atoms with Crippen LogP contribution in [-0.4, -0.2) is 10.5 Å². The van der Waals surface area contributed by atoms with Gasteiger partial charge in [0.05, 0.1) is 5.52 Å². The van der Waals surface area contributed by atoms with Gasteiger partial charge < -0.3 is 10.3 Å². The Morgan fingerprint density at radius 3 is 2.70 bits per heavy atom. The van der Waals surface area contributed by atoms with Crippen LogP contribution in [0.15, 0.2) is 36.4 Å². The Bertz CT molecular complexity index is 907. The largest absolute Gasteiger partial charge is 0.366 e. The molecule has 3 nitrogen and oxygen atoms in total. The zero-order valence-electron chi connectivity index (χ0n) is 12.9. The van der Waals surface area contributed by atoms with Crippen LogP contribution in [0.1, 0.15) is 36.0 Å². The van der Waals surface area contributed by atoms with Gasteiger partial charge in [-0.15, -0.1) is 0 Å². The summed E-state index contributed by atoms with van der Waals surface area (Å²) < 4.78 is 2.32. The lowest BCUT2D eigenvalue weighted by molar-refractivity contribution is 0.100. The van der Waals surface area contributed by atoms with Gasteiger partial charge in [0, 0.05) is 33.4 Å². The number of benzene rings is 2. The number of carbonyl (C=O) groups is 1. The highest BCUT2D eigenvalue weighted by atomic mass is 35.5. The van der Waals surface area contributed by atoms with Crippen molar-refractivity contribution < 1.29 is 4.79 Å². The highest BCUT2D eigenvalue weighted by Crippen LogP contribution is 2.35. The molecule has 4 heteroatoms. The van der Waals surface area contributed by atoms with E-state index in [9.17, 15) is 4.79 Å². The van der Waals surface area contributed by atoms with Crippen LogP contribution in [0.5, 0.6) is 0 Å². The van der Waals surface area contributed by atoms with Gasteiger partial charge in [0.2, 0.25) is 5.91 Å². The van der Waals surface area contributed by atoms with Crippen molar-refractivity contribution in [2.45, 2.75) is 32.2 Å². The number of halogens is 1. The maximum Gasteiger partial charge on any atom is 0.249 e. The molecule has 2 N–H and O–H groups in total. The van der Waals surface area contributed by atoms with Crippen LogP contribution in [0.2, 0.25) is 5.02 Å². The smallest absolute Gasteiger partial charge is 0.249 e. The van der Waals surface area contributed by atoms with E-state index in [1.165, 1.54) is 25.7 Å². The van der Waals surface area contributed by atoms with Gasteiger partial charge in [-0.05, 0) is 43.0 Å². The summed E-state index contributed by atoms with van der Waals surface area (Å²) in [6.07, 6.45) is 5.18. The molecule has 1 aliphatic carbocycles. The lowest BCUT2D eigenvalue weighted by Gasteiger charge is -2.13. The molecule has 1 amide bonds. The Hall–Kier alpha value is -2.00. The number of aromatic nitrogens is 1. The molecule has 1 heterocycles. The molecule has 0 atom stereocenters. The third-order valence-electron chi connectivity index (χ3n) is 5.03. The van der Waals surface area contributed by atoms with Gasteiger partial charge in [0.15, 0.2) is 0 Å². The van der Waals surface area contributed by atoms with Crippen LogP contribution < -0.4 is 5.73 Å². The standard InChI is InChI=1S/C19H19ClN2O/c20-13-8-9-14-17(10-13)22(11-12-4-1-2-5-12)16-7-3-6-15(18(14)16)19(21)23/h3,6-10,12H,1-2,4-5,11H2,(H2,21,23). The maximum absolute atomic E-state index is 11.9. The molecule has 1 saturated carbocycles. The first-order chi connectivity index (χ1) is 11.1. The second-order valence-electron chi connectivity index (χ2n) is 6.49. The lowest BCUT2D eigenvalue weighted by Crippen LogP contribution is -2.11. The van der Waals surface area contributed by atoms with Crippen molar-refractivity contribution in [1.82, 2.24) is 4.57 Å². The van der Waals surface area contributed by atoms with Crippen LogP contribution in [0.25, 0.3) is 21.8 Å². The number of hydrogen-bond donors (Lipinski definition) is 1. The third-order valence-corrected chi connectivity index (χ3v) is 5.27. The molecule has 0 aliphatic heterocycles. The van der Waals surface area contributed by atoms with Crippen molar-refractivity contribution in [2.75, 3.05) is 0 Å². The summed E-state index contributed by atoms with van der Waals surface area (Å²) in [6, 6.07) is 11.7. The first-order valence-corrected chi connectivity index (χ1v) is 8.53. The van der Waals surface area contributed by atoms with Crippen molar-refractivity contribution in [2.24, 2.45) is 11.7 Å². The van der Waals surface area contributed by atoms with Crippen molar-refractivity contribution >= 4 is 39.3 Å². The second kappa shape index (κ2) is 5.57. The molecule has 0 unspecified atom stereocenters. The molecule has 23 heavy (non-hydrogen) atoms. The Labute approximate surface area is 140 Å². The Morgan fingerprint density at radius 1 is 1.17 bits per heavy atom. The van der Waals surface area contributed by atoms with E-state index in [0.29, 0.717) is 16.5 Å². The Balaban J connectivity index is 2.02. The molecule has 4 rings (SSSR count). The second-order valence-corrected chi connectivity index (χ2v) is 6.92. The van der Waals surface area contributed by atoms with E-state index in [-0.39, 0.29) is 5.91 Å². The number of nitrogens with zero attached hydrogens (tertiary/aromatic N) is 1. The number of hydrogen-bond acceptors (Lipinski definition) is 1. The fourth-order valence-electron chi connectivity index (χ4n) is 3.97. The molecule has 118 valence electrons. The van der Waals surface area contributed by atoms with Gasteiger partial charge in [0.25, 0.3) is 0 Å². The van der Waals surface area contributed by atoms with Crippen molar-refractivity contribution in [1.29, 1.82) is 0 Å². The minimum Gasteiger partial charge on any atom is -0.366 e. The first-order valence-electron chi connectivity index (χ1n) is 8.15. The van der Waals surface area contributed by atoms with E-state index in [2.05, 4.69) is 10.6 Å². The van der Waals surface area contributed by atoms with Gasteiger partial charge in [-0.25, -0.2) is 0 Å². The highest BCUT2D eigenvalue weighted by Gasteiger charge is 2.20. The summed E-state index contributed by atoms with van der Waals surface area (Å²) in [6.45, 7) is 0.975. The van der Waals surface area contributed by atoms with Crippen LogP contribution in [0.4, 0.5) is 0 Å². The van der Waals surface area contributed by atoms with Crippen LogP contribution in [0, 0.1) is 5.92 Å². The SMILES string of the molecule is NC(=O)c1cccc2c1c1ccc(Cl)cc1n2CC1CCCC1. The van der Waals surface area contributed by atoms with Gasteiger partial charge in [-0.3, -0.25) is 4.79 Å². The summed E-state index contributed by atoms with van der Waals surface area (Å²) in [5.74, 6) is 0.315. The molecule has 0 saturated heterocycles. The molecule has 2 aromatic carbocycles. The van der Waals surface area contributed by atoms with E-state index < -0.39 is 0 Å². The third kappa shape index (κ3) is 2.40. The quantitative estimate of drug-likeness (QED) is 0.742. The van der Waals surface area contributed by atoms with Crippen LogP contribution in [-0.2, 0) is 6.54 Å². The van der Waals surface area contributed by atoms with E-state index in [0.717, 1.165) is 28.4 Å². The topological polar surface area (TPSA) is 48.0 Å². The van der Waals surface area contributed by atoms with Crippen molar-refractivity contribution in [3.8, 4) is 0 Å². The van der Waals surface area contributed by atoms with E-state index in [1.54, 1.807) is 6.07 Å². The van der Waals surface area contributed by atoms with E-state index in [1.807, 2.05) is 24.3 Å². The molecular weight excluding hydrogens is 308 g/mol. The van der Waals surface area contributed by atoms with Crippen LogP contribution in [0.3, 0.4) is 0 Å². The lowest BCUT2D eigenvalue weighted by atomic mass is 10.1. The number of rotatable bonds is 3. The fourth-order valence-corrected chi connectivity index (χ4v) is 4.14. The van der Waals surface area contributed by atoms with Gasteiger partial charge in [0.1, 0.15) is 0 Å². The van der Waals surface area contributed by atoms with Crippen molar-refractivity contribution in [3.63, 3.8) is 0 Å². The van der Waals surface area contributed by atoms with Gasteiger partial charge >= 0.3 is 0 Å². The summed E-state index contributed by atoms with van der Waals surface area (Å²) in [4.78, 5) is 11.9. The summed E-state index contributed by atoms with van der Waals surface area (Å²) >= 11 is 6.23. The molecular formula is C19H19ClN2O. The normalized spacial score (nSPS) is 15.7.